The minimum Gasteiger partial charge on any atom is -0.138 e. The van der Waals surface area contributed by atoms with Gasteiger partial charge >= 0.3 is 0 Å². The summed E-state index contributed by atoms with van der Waals surface area (Å²) >= 11 is 0. The van der Waals surface area contributed by atoms with E-state index in [0.29, 0.717) is 0 Å². The molecule has 0 aliphatic carbocycles. The van der Waals surface area contributed by atoms with Gasteiger partial charge < -0.3 is 0 Å². The van der Waals surface area contributed by atoms with Crippen molar-refractivity contribution < 1.29 is 0 Å². The molecule has 0 heterocycles. The molecule has 0 nitrogen and oxygen atoms in total. The number of rotatable bonds is 0. The molecular weight excluding hydrogens is 91.0 g/mol. The van der Waals surface area contributed by atoms with Crippen molar-refractivity contribution in [3.63, 3.8) is 0 Å². The van der Waals surface area contributed by atoms with Crippen molar-refractivity contribution in [1.82, 2.24) is 0 Å². The maximum Gasteiger partial charge on any atom is -0.0410 e. The zero-order valence-corrected chi connectivity index (χ0v) is 3.44. The van der Waals surface area contributed by atoms with Crippen LogP contribution in [0.4, 0.5) is 0 Å². The summed E-state index contributed by atoms with van der Waals surface area (Å²) in [6.45, 7) is 2.09. The Morgan fingerprint density at radius 2 is 1.17 bits per heavy atom. The van der Waals surface area contributed by atoms with E-state index in [1.54, 1.807) is 0 Å². The fraction of sp³-hybridized carbons (Fsp3) is 1.00. The van der Waals surface area contributed by atoms with Crippen molar-refractivity contribution in [2.75, 3.05) is 6.16 Å². The first-order chi connectivity index (χ1) is 1.41. The topological polar surface area (TPSA) is 0 Å². The van der Waals surface area contributed by atoms with Crippen molar-refractivity contribution >= 4 is 9.24 Å². The predicted octanol–water partition coefficient (Wildman–Crippen LogP) is 2.79. The Kier molecular flexibility index (Phi) is 279. The van der Waals surface area contributed by atoms with Crippen LogP contribution in [0.3, 0.4) is 0 Å². The maximum absolute atomic E-state index is 2.58. The van der Waals surface area contributed by atoms with Gasteiger partial charge in [0.15, 0.2) is 0 Å². The molecule has 0 spiro atoms. The van der Waals surface area contributed by atoms with E-state index >= 15 is 0 Å². The van der Waals surface area contributed by atoms with Crippen molar-refractivity contribution in [3.8, 4) is 0 Å². The highest BCUT2D eigenvalue weighted by molar-refractivity contribution is 7.16. The molecule has 6 heavy (non-hydrogen) atoms. The molecule has 1 heteroatoms. The molecule has 0 radical (unpaired) electrons. The molecule has 0 amide bonds. The minimum absolute atomic E-state index is 0. The first-order valence-corrected chi connectivity index (χ1v) is 1.93. The fourth-order valence-corrected chi connectivity index (χ4v) is 0. The van der Waals surface area contributed by atoms with Crippen molar-refractivity contribution in [2.45, 2.75) is 29.2 Å². The van der Waals surface area contributed by atoms with Crippen LogP contribution in [0, 0.1) is 0 Å². The Morgan fingerprint density at radius 1 is 1.17 bits per heavy atom. The van der Waals surface area contributed by atoms with E-state index in [1.165, 1.54) is 6.16 Å². The third-order valence-corrected chi connectivity index (χ3v) is 0. The smallest absolute Gasteiger partial charge is 0.0410 e. The van der Waals surface area contributed by atoms with E-state index in [0.717, 1.165) is 0 Å². The molecule has 0 aromatic heterocycles. The monoisotopic (exact) mass is 110 g/mol. The van der Waals surface area contributed by atoms with Gasteiger partial charge in [0.2, 0.25) is 0 Å². The van der Waals surface area contributed by atoms with Gasteiger partial charge in [-0.1, -0.05) is 29.2 Å². The summed E-state index contributed by atoms with van der Waals surface area (Å²) in [4.78, 5) is 0. The molecule has 1 unspecified atom stereocenters. The first kappa shape index (κ1) is 32.1. The van der Waals surface area contributed by atoms with Gasteiger partial charge in [0.05, 0.1) is 0 Å². The van der Waals surface area contributed by atoms with Gasteiger partial charge in [-0.15, -0.1) is 9.24 Å². The second-order valence-corrected chi connectivity index (χ2v) is 1.22. The Balaban J connectivity index is -0.00000000667. The molecule has 0 N–H and O–H groups in total. The SMILES string of the molecule is C.C.C.CCP. The molecule has 0 aromatic carbocycles. The van der Waals surface area contributed by atoms with Crippen molar-refractivity contribution in [3.05, 3.63) is 0 Å². The summed E-state index contributed by atoms with van der Waals surface area (Å²) in [6.07, 6.45) is 1.17. The number of hydrogen-bond donors (Lipinski definition) is 0. The van der Waals surface area contributed by atoms with Gasteiger partial charge in [-0.25, -0.2) is 0 Å². The van der Waals surface area contributed by atoms with Crippen LogP contribution in [0.25, 0.3) is 0 Å². The van der Waals surface area contributed by atoms with Crippen LogP contribution in [-0.4, -0.2) is 6.16 Å². The lowest BCUT2D eigenvalue weighted by molar-refractivity contribution is 1.53. The Hall–Kier alpha value is 0.430. The lowest BCUT2D eigenvalue weighted by Gasteiger charge is -1.48. The van der Waals surface area contributed by atoms with Gasteiger partial charge in [0.1, 0.15) is 0 Å². The Bertz CT molecular complexity index is 3.90. The van der Waals surface area contributed by atoms with E-state index in [-0.39, 0.29) is 22.3 Å². The Morgan fingerprint density at radius 3 is 1.17 bits per heavy atom. The molecule has 0 saturated heterocycles. The van der Waals surface area contributed by atoms with Gasteiger partial charge in [-0.2, -0.15) is 0 Å². The largest absolute Gasteiger partial charge is 0.138 e. The van der Waals surface area contributed by atoms with Crippen LogP contribution in [-0.2, 0) is 0 Å². The van der Waals surface area contributed by atoms with Crippen LogP contribution in [0.5, 0.6) is 0 Å². The summed E-state index contributed by atoms with van der Waals surface area (Å²) in [5.41, 5.74) is 0. The molecule has 44 valence electrons. The van der Waals surface area contributed by atoms with Crippen molar-refractivity contribution in [1.29, 1.82) is 0 Å². The zero-order chi connectivity index (χ0) is 2.71. The lowest BCUT2D eigenvalue weighted by Crippen LogP contribution is -1.33. The normalized spacial score (nSPS) is 3.00. The van der Waals surface area contributed by atoms with Crippen LogP contribution >= 0.6 is 9.24 Å². The van der Waals surface area contributed by atoms with Crippen LogP contribution in [0.15, 0.2) is 0 Å². The van der Waals surface area contributed by atoms with Crippen LogP contribution in [0.1, 0.15) is 29.2 Å². The van der Waals surface area contributed by atoms with E-state index in [9.17, 15) is 0 Å². The van der Waals surface area contributed by atoms with E-state index in [1.807, 2.05) is 0 Å². The highest BCUT2D eigenvalue weighted by Crippen LogP contribution is 1.68. The molecule has 0 aliphatic heterocycles. The first-order valence-electron chi connectivity index (χ1n) is 1.12. The molecule has 0 fully saturated rings. The molecule has 0 aromatic rings. The zero-order valence-electron chi connectivity index (χ0n) is 2.28. The van der Waals surface area contributed by atoms with E-state index < -0.39 is 0 Å². The minimum atomic E-state index is 0. The Labute approximate surface area is 45.5 Å². The molecule has 0 aliphatic rings. The van der Waals surface area contributed by atoms with Gasteiger partial charge in [0.25, 0.3) is 0 Å². The highest BCUT2D eigenvalue weighted by Gasteiger charge is 1.35. The average molecular weight is 110 g/mol. The summed E-state index contributed by atoms with van der Waals surface area (Å²) in [6, 6.07) is 0. The summed E-state index contributed by atoms with van der Waals surface area (Å²) in [5, 5.41) is 0. The van der Waals surface area contributed by atoms with Crippen molar-refractivity contribution in [2.24, 2.45) is 0 Å². The second kappa shape index (κ2) is 52.1. The van der Waals surface area contributed by atoms with E-state index in [2.05, 4.69) is 16.2 Å². The number of hydrogen-bond acceptors (Lipinski definition) is 0. The average Bonchev–Trinajstić information content (AvgIpc) is 0.918. The van der Waals surface area contributed by atoms with Gasteiger partial charge in [-0.3, -0.25) is 0 Å². The lowest BCUT2D eigenvalue weighted by atomic mass is 11.0. The third-order valence-electron chi connectivity index (χ3n) is 0. The van der Waals surface area contributed by atoms with E-state index in [4.69, 9.17) is 0 Å². The standard InChI is InChI=1S/C2H7P.3CH4/c1-2-3;;;/h2-3H2,1H3;3*1H4. The third kappa shape index (κ3) is 282. The summed E-state index contributed by atoms with van der Waals surface area (Å²) in [7, 11) is 2.58. The maximum atomic E-state index is 2.58. The van der Waals surface area contributed by atoms with Gasteiger partial charge in [0, 0.05) is 0 Å². The summed E-state index contributed by atoms with van der Waals surface area (Å²) in [5.74, 6) is 0. The predicted molar refractivity (Wildman–Crippen MR) is 40.4 cm³/mol. The second-order valence-electron chi connectivity index (χ2n) is 0.408. The van der Waals surface area contributed by atoms with Crippen LogP contribution < -0.4 is 0 Å². The summed E-state index contributed by atoms with van der Waals surface area (Å²) < 4.78 is 0. The fourth-order valence-electron chi connectivity index (χ4n) is 0. The van der Waals surface area contributed by atoms with Crippen LogP contribution in [0.2, 0.25) is 0 Å². The molecule has 0 bridgehead atoms. The molecule has 1 atom stereocenters. The quantitative estimate of drug-likeness (QED) is 0.420. The molecular formula is C5H19P. The highest BCUT2D eigenvalue weighted by atomic mass is 31.0. The molecule has 0 saturated carbocycles. The van der Waals surface area contributed by atoms with Gasteiger partial charge in [-0.05, 0) is 6.16 Å². The molecule has 0 rings (SSSR count).